The molecular weight excluding hydrogens is 268 g/mol. The summed E-state index contributed by atoms with van der Waals surface area (Å²) < 4.78 is 11.2. The second-order valence-corrected chi connectivity index (χ2v) is 3.88. The van der Waals surface area contributed by atoms with Gasteiger partial charge in [0.2, 0.25) is 0 Å². The molecule has 1 atom stereocenters. The molecule has 0 aromatic carbocycles. The van der Waals surface area contributed by atoms with Crippen molar-refractivity contribution < 1.29 is 24.2 Å². The molecule has 112 valence electrons. The minimum Gasteiger partial charge on any atom is -0.479 e. The topological polar surface area (TPSA) is 115 Å². The first-order valence-corrected chi connectivity index (χ1v) is 5.88. The summed E-state index contributed by atoms with van der Waals surface area (Å²) in [4.78, 5) is 22.2. The predicted molar refractivity (Wildman–Crippen MR) is 69.6 cm³/mol. The third-order valence-electron chi connectivity index (χ3n) is 2.42. The highest BCUT2D eigenvalue weighted by atomic mass is 16.5. The van der Waals surface area contributed by atoms with Gasteiger partial charge in [-0.3, -0.25) is 4.68 Å². The molecule has 1 unspecified atom stereocenters. The number of hydrogen-bond acceptors (Lipinski definition) is 5. The Hall–Kier alpha value is -2.13. The summed E-state index contributed by atoms with van der Waals surface area (Å²) in [5.74, 6) is -1.14. The fraction of sp³-hybridized carbons (Fsp3) is 0.545. The minimum absolute atomic E-state index is 0.129. The molecule has 3 N–H and O–H groups in total. The lowest BCUT2D eigenvalue weighted by atomic mass is 10.3. The van der Waals surface area contributed by atoms with Gasteiger partial charge in [-0.15, -0.1) is 0 Å². The Morgan fingerprint density at radius 1 is 1.50 bits per heavy atom. The van der Waals surface area contributed by atoms with Gasteiger partial charge in [0.15, 0.2) is 6.10 Å². The molecule has 9 heteroatoms. The van der Waals surface area contributed by atoms with E-state index in [1.165, 1.54) is 13.3 Å². The van der Waals surface area contributed by atoms with E-state index in [9.17, 15) is 9.59 Å². The molecule has 0 radical (unpaired) electrons. The first kappa shape index (κ1) is 15.9. The standard InChI is InChI=1S/C11H18N4O5/c1-19-4-3-15-7-8(5-13-15)14-11(18)12-6-9(20-2)10(16)17/h5,7,9H,3-4,6H2,1-2H3,(H,16,17)(H2,12,14,18). The molecule has 0 aliphatic carbocycles. The van der Waals surface area contributed by atoms with Gasteiger partial charge in [0.1, 0.15) is 0 Å². The molecule has 0 fully saturated rings. The van der Waals surface area contributed by atoms with E-state index in [0.29, 0.717) is 18.8 Å². The summed E-state index contributed by atoms with van der Waals surface area (Å²) in [7, 11) is 2.85. The molecule has 0 aliphatic rings. The van der Waals surface area contributed by atoms with Crippen molar-refractivity contribution >= 4 is 17.7 Å². The molecule has 2 amide bonds. The number of carbonyl (C=O) groups excluding carboxylic acids is 1. The molecule has 20 heavy (non-hydrogen) atoms. The van der Waals surface area contributed by atoms with Crippen LogP contribution in [0, 0.1) is 0 Å². The quantitative estimate of drug-likeness (QED) is 0.607. The fourth-order valence-corrected chi connectivity index (χ4v) is 1.37. The SMILES string of the molecule is COCCn1cc(NC(=O)NCC(OC)C(=O)O)cn1. The number of aromatic nitrogens is 2. The highest BCUT2D eigenvalue weighted by molar-refractivity contribution is 5.89. The van der Waals surface area contributed by atoms with E-state index in [0.717, 1.165) is 0 Å². The van der Waals surface area contributed by atoms with E-state index in [4.69, 9.17) is 9.84 Å². The van der Waals surface area contributed by atoms with Crippen LogP contribution < -0.4 is 10.6 Å². The smallest absolute Gasteiger partial charge is 0.334 e. The highest BCUT2D eigenvalue weighted by Gasteiger charge is 2.17. The summed E-state index contributed by atoms with van der Waals surface area (Å²) in [5, 5.41) is 17.7. The molecular formula is C11H18N4O5. The third-order valence-corrected chi connectivity index (χ3v) is 2.42. The molecule has 0 aliphatic heterocycles. The first-order chi connectivity index (χ1) is 9.56. The lowest BCUT2D eigenvalue weighted by Gasteiger charge is -2.11. The van der Waals surface area contributed by atoms with Crippen LogP contribution in [0.25, 0.3) is 0 Å². The molecule has 0 saturated carbocycles. The number of nitrogens with one attached hydrogen (secondary N) is 2. The Bertz CT molecular complexity index is 448. The van der Waals surface area contributed by atoms with Crippen LogP contribution >= 0.6 is 0 Å². The zero-order chi connectivity index (χ0) is 15.0. The van der Waals surface area contributed by atoms with Gasteiger partial charge in [-0.25, -0.2) is 9.59 Å². The van der Waals surface area contributed by atoms with Crippen molar-refractivity contribution in [2.45, 2.75) is 12.6 Å². The maximum Gasteiger partial charge on any atom is 0.334 e. The highest BCUT2D eigenvalue weighted by Crippen LogP contribution is 2.04. The molecule has 1 aromatic rings. The lowest BCUT2D eigenvalue weighted by molar-refractivity contribution is -0.147. The Labute approximate surface area is 115 Å². The van der Waals surface area contributed by atoms with E-state index in [-0.39, 0.29) is 6.54 Å². The number of rotatable bonds is 8. The summed E-state index contributed by atoms with van der Waals surface area (Å²) in [6.07, 6.45) is 2.05. The van der Waals surface area contributed by atoms with Crippen molar-refractivity contribution in [1.82, 2.24) is 15.1 Å². The second-order valence-electron chi connectivity index (χ2n) is 3.88. The van der Waals surface area contributed by atoms with Crippen molar-refractivity contribution in [2.75, 3.05) is 32.7 Å². The summed E-state index contributed by atoms with van der Waals surface area (Å²) in [5.41, 5.74) is 0.503. The number of hydrogen-bond donors (Lipinski definition) is 3. The van der Waals surface area contributed by atoms with E-state index in [1.807, 2.05) is 0 Å². The lowest BCUT2D eigenvalue weighted by Crippen LogP contribution is -2.39. The van der Waals surface area contributed by atoms with Gasteiger partial charge in [-0.1, -0.05) is 0 Å². The van der Waals surface area contributed by atoms with Crippen LogP contribution in [-0.2, 0) is 20.8 Å². The summed E-state index contributed by atoms with van der Waals surface area (Å²) >= 11 is 0. The molecule has 1 heterocycles. The number of ether oxygens (including phenoxy) is 2. The molecule has 1 rings (SSSR count). The fourth-order valence-electron chi connectivity index (χ4n) is 1.37. The van der Waals surface area contributed by atoms with Crippen LogP contribution in [0.15, 0.2) is 12.4 Å². The van der Waals surface area contributed by atoms with Crippen LogP contribution in [0.5, 0.6) is 0 Å². The molecule has 1 aromatic heterocycles. The van der Waals surface area contributed by atoms with E-state index in [1.54, 1.807) is 18.0 Å². The Morgan fingerprint density at radius 2 is 2.25 bits per heavy atom. The number of carboxylic acids is 1. The van der Waals surface area contributed by atoms with Gasteiger partial charge in [0, 0.05) is 20.4 Å². The van der Waals surface area contributed by atoms with Crippen LogP contribution in [-0.4, -0.2) is 60.4 Å². The Morgan fingerprint density at radius 3 is 2.85 bits per heavy atom. The number of anilines is 1. The minimum atomic E-state index is -1.14. The van der Waals surface area contributed by atoms with Crippen LogP contribution in [0.1, 0.15) is 0 Å². The maximum atomic E-state index is 11.5. The van der Waals surface area contributed by atoms with Crippen LogP contribution in [0.2, 0.25) is 0 Å². The Balaban J connectivity index is 2.38. The average molecular weight is 286 g/mol. The second kappa shape index (κ2) is 8.12. The zero-order valence-corrected chi connectivity index (χ0v) is 11.3. The van der Waals surface area contributed by atoms with E-state index >= 15 is 0 Å². The van der Waals surface area contributed by atoms with Crippen LogP contribution in [0.4, 0.5) is 10.5 Å². The largest absolute Gasteiger partial charge is 0.479 e. The van der Waals surface area contributed by atoms with Crippen molar-refractivity contribution in [3.05, 3.63) is 12.4 Å². The van der Waals surface area contributed by atoms with Crippen molar-refractivity contribution in [1.29, 1.82) is 0 Å². The molecule has 0 saturated heterocycles. The monoisotopic (exact) mass is 286 g/mol. The van der Waals surface area contributed by atoms with E-state index < -0.39 is 18.1 Å². The van der Waals surface area contributed by atoms with Crippen molar-refractivity contribution in [3.63, 3.8) is 0 Å². The van der Waals surface area contributed by atoms with Crippen LogP contribution in [0.3, 0.4) is 0 Å². The number of aliphatic carboxylic acids is 1. The Kier molecular flexibility index (Phi) is 6.47. The average Bonchev–Trinajstić information content (AvgIpc) is 2.84. The molecule has 0 spiro atoms. The third kappa shape index (κ3) is 5.24. The normalized spacial score (nSPS) is 11.9. The van der Waals surface area contributed by atoms with Crippen molar-refractivity contribution in [2.24, 2.45) is 0 Å². The summed E-state index contributed by atoms with van der Waals surface area (Å²) in [6.45, 7) is 0.960. The van der Waals surface area contributed by atoms with Crippen molar-refractivity contribution in [3.8, 4) is 0 Å². The molecule has 9 nitrogen and oxygen atoms in total. The van der Waals surface area contributed by atoms with Gasteiger partial charge >= 0.3 is 12.0 Å². The van der Waals surface area contributed by atoms with Gasteiger partial charge in [0.25, 0.3) is 0 Å². The van der Waals surface area contributed by atoms with Gasteiger partial charge in [0.05, 0.1) is 31.6 Å². The van der Waals surface area contributed by atoms with Gasteiger partial charge < -0.3 is 25.2 Å². The number of urea groups is 1. The number of carbonyl (C=O) groups is 2. The number of amides is 2. The maximum absolute atomic E-state index is 11.5. The number of carboxylic acid groups (broad SMARTS) is 1. The van der Waals surface area contributed by atoms with E-state index in [2.05, 4.69) is 20.5 Å². The van der Waals surface area contributed by atoms with Gasteiger partial charge in [-0.2, -0.15) is 5.10 Å². The first-order valence-electron chi connectivity index (χ1n) is 5.88. The number of methoxy groups -OCH3 is 2. The molecule has 0 bridgehead atoms. The van der Waals surface area contributed by atoms with Gasteiger partial charge in [-0.05, 0) is 0 Å². The number of nitrogens with zero attached hydrogens (tertiary/aromatic N) is 2. The predicted octanol–water partition coefficient (Wildman–Crippen LogP) is -0.249. The zero-order valence-electron chi connectivity index (χ0n) is 11.3. The summed E-state index contributed by atoms with van der Waals surface area (Å²) in [6, 6.07) is -0.528.